The van der Waals surface area contributed by atoms with E-state index in [1.54, 1.807) is 54.6 Å². The van der Waals surface area contributed by atoms with Gasteiger partial charge in [0.15, 0.2) is 5.17 Å². The minimum absolute atomic E-state index is 0.0498. The van der Waals surface area contributed by atoms with Crippen molar-refractivity contribution in [1.82, 2.24) is 0 Å². The van der Waals surface area contributed by atoms with Crippen molar-refractivity contribution in [2.45, 2.75) is 11.7 Å². The van der Waals surface area contributed by atoms with E-state index in [1.165, 1.54) is 29.3 Å². The van der Waals surface area contributed by atoms with Crippen LogP contribution in [-0.2, 0) is 9.59 Å². The number of rotatable bonds is 6. The number of para-hydroxylation sites is 1. The van der Waals surface area contributed by atoms with Gasteiger partial charge >= 0.3 is 0 Å². The summed E-state index contributed by atoms with van der Waals surface area (Å²) in [6.07, 6.45) is 1.30. The predicted molar refractivity (Wildman–Crippen MR) is 135 cm³/mol. The van der Waals surface area contributed by atoms with Gasteiger partial charge in [0.1, 0.15) is 16.7 Å². The number of aromatic hydroxyl groups is 2. The molecule has 0 radical (unpaired) electrons. The van der Waals surface area contributed by atoms with E-state index < -0.39 is 5.25 Å². The number of nitrogens with one attached hydrogen (secondary N) is 1. The average Bonchev–Trinajstić information content (AvgIpc) is 3.12. The van der Waals surface area contributed by atoms with E-state index >= 15 is 0 Å². The van der Waals surface area contributed by atoms with Crippen LogP contribution in [0.25, 0.3) is 0 Å². The molecule has 0 aromatic heterocycles. The topological polar surface area (TPSA) is 115 Å². The number of amidine groups is 1. The molecule has 1 aliphatic heterocycles. The molecule has 172 valence electrons. The maximum atomic E-state index is 13.2. The molecule has 1 unspecified atom stereocenters. The molecule has 2 amide bonds. The van der Waals surface area contributed by atoms with Crippen molar-refractivity contribution in [3.8, 4) is 11.5 Å². The van der Waals surface area contributed by atoms with Gasteiger partial charge in [0, 0.05) is 22.7 Å². The molecule has 1 fully saturated rings. The Labute approximate surface area is 204 Å². The van der Waals surface area contributed by atoms with Gasteiger partial charge in [-0.2, -0.15) is 5.10 Å². The fraction of sp³-hybridized carbons (Fsp3) is 0.0833. The van der Waals surface area contributed by atoms with Gasteiger partial charge in [-0.1, -0.05) is 35.5 Å². The number of hydrogen-bond acceptors (Lipinski definition) is 7. The van der Waals surface area contributed by atoms with Crippen molar-refractivity contribution in [3.63, 3.8) is 0 Å². The highest BCUT2D eigenvalue weighted by Crippen LogP contribution is 2.34. The lowest BCUT2D eigenvalue weighted by Gasteiger charge is -2.16. The van der Waals surface area contributed by atoms with Crippen LogP contribution in [0.1, 0.15) is 12.0 Å². The second-order valence-corrected chi connectivity index (χ2v) is 8.85. The molecule has 3 aromatic carbocycles. The third-order valence-corrected chi connectivity index (χ3v) is 6.20. The van der Waals surface area contributed by atoms with Crippen LogP contribution in [0.5, 0.6) is 11.5 Å². The molecule has 3 N–H and O–H groups in total. The summed E-state index contributed by atoms with van der Waals surface area (Å²) in [7, 11) is 0. The van der Waals surface area contributed by atoms with E-state index in [1.807, 2.05) is 0 Å². The fourth-order valence-electron chi connectivity index (χ4n) is 3.16. The largest absolute Gasteiger partial charge is 0.508 e. The number of amides is 2. The van der Waals surface area contributed by atoms with Crippen molar-refractivity contribution >= 4 is 57.9 Å². The Balaban J connectivity index is 1.55. The van der Waals surface area contributed by atoms with Gasteiger partial charge < -0.3 is 15.5 Å². The minimum atomic E-state index is -0.722. The quantitative estimate of drug-likeness (QED) is 0.342. The van der Waals surface area contributed by atoms with Crippen LogP contribution in [0.2, 0.25) is 5.02 Å². The number of carbonyl (C=O) groups excluding carboxylic acids is 2. The van der Waals surface area contributed by atoms with E-state index in [2.05, 4.69) is 15.5 Å². The lowest BCUT2D eigenvalue weighted by Crippen LogP contribution is -2.33. The molecule has 0 bridgehead atoms. The van der Waals surface area contributed by atoms with Gasteiger partial charge in [0.05, 0.1) is 11.9 Å². The Morgan fingerprint density at radius 3 is 2.47 bits per heavy atom. The van der Waals surface area contributed by atoms with Gasteiger partial charge in [-0.15, -0.1) is 5.10 Å². The van der Waals surface area contributed by atoms with Crippen molar-refractivity contribution in [3.05, 3.63) is 83.4 Å². The monoisotopic (exact) mass is 494 g/mol. The highest BCUT2D eigenvalue weighted by molar-refractivity contribution is 8.16. The fourth-order valence-corrected chi connectivity index (χ4v) is 4.37. The number of nitrogens with zero attached hydrogens (tertiary/aromatic N) is 3. The molecular formula is C24H19ClN4O4S. The first kappa shape index (κ1) is 23.3. The van der Waals surface area contributed by atoms with Crippen LogP contribution < -0.4 is 10.2 Å². The predicted octanol–water partition coefficient (Wildman–Crippen LogP) is 4.62. The van der Waals surface area contributed by atoms with E-state index in [9.17, 15) is 19.8 Å². The summed E-state index contributed by atoms with van der Waals surface area (Å²) in [4.78, 5) is 27.1. The normalized spacial score (nSPS) is 17.0. The first-order valence-electron chi connectivity index (χ1n) is 10.1. The molecule has 1 heterocycles. The van der Waals surface area contributed by atoms with E-state index in [-0.39, 0.29) is 34.9 Å². The lowest BCUT2D eigenvalue weighted by atomic mass is 10.2. The zero-order valence-electron chi connectivity index (χ0n) is 17.6. The van der Waals surface area contributed by atoms with Crippen LogP contribution in [0, 0.1) is 0 Å². The minimum Gasteiger partial charge on any atom is -0.508 e. The van der Waals surface area contributed by atoms with E-state index in [0.29, 0.717) is 22.0 Å². The standard InChI is InChI=1S/C24H19ClN4O4S/c25-16-5-7-17(8-6-16)27-22(32)13-21-23(33)29(18-9-11-19(30)12-10-18)24(34-21)28-26-14-15-3-1-2-4-20(15)31/h1-12,14,21,30-31H,13H2,(H,27,32)/b26-14+,28-24?. The summed E-state index contributed by atoms with van der Waals surface area (Å²) >= 11 is 6.99. The van der Waals surface area contributed by atoms with Crippen LogP contribution in [0.15, 0.2) is 83.0 Å². The Bertz CT molecular complexity index is 1260. The van der Waals surface area contributed by atoms with Crippen molar-refractivity contribution in [2.24, 2.45) is 10.2 Å². The molecule has 10 heteroatoms. The van der Waals surface area contributed by atoms with Gasteiger partial charge in [0.2, 0.25) is 11.8 Å². The molecule has 1 aliphatic rings. The molecule has 8 nitrogen and oxygen atoms in total. The maximum Gasteiger partial charge on any atom is 0.247 e. The molecular weight excluding hydrogens is 476 g/mol. The Morgan fingerprint density at radius 1 is 1.06 bits per heavy atom. The first-order valence-corrected chi connectivity index (χ1v) is 11.4. The summed E-state index contributed by atoms with van der Waals surface area (Å²) in [6, 6.07) is 19.4. The van der Waals surface area contributed by atoms with Gasteiger partial charge in [-0.3, -0.25) is 14.5 Å². The Morgan fingerprint density at radius 2 is 1.76 bits per heavy atom. The summed E-state index contributed by atoms with van der Waals surface area (Å²) in [6.45, 7) is 0. The van der Waals surface area contributed by atoms with E-state index in [4.69, 9.17) is 11.6 Å². The Hall–Kier alpha value is -3.82. The third-order valence-electron chi connectivity index (χ3n) is 4.82. The van der Waals surface area contributed by atoms with Gasteiger partial charge in [-0.25, -0.2) is 0 Å². The lowest BCUT2D eigenvalue weighted by molar-refractivity contribution is -0.121. The third kappa shape index (κ3) is 5.56. The molecule has 3 aromatic rings. The second kappa shape index (κ2) is 10.4. The number of halogens is 1. The number of hydrogen-bond donors (Lipinski definition) is 3. The molecule has 4 rings (SSSR count). The highest BCUT2D eigenvalue weighted by Gasteiger charge is 2.40. The Kier molecular flexibility index (Phi) is 7.15. The SMILES string of the molecule is O=C(CC1SC(=N/N=C/c2ccccc2O)N(c2ccc(O)cc2)C1=O)Nc1ccc(Cl)cc1. The zero-order valence-corrected chi connectivity index (χ0v) is 19.2. The van der Waals surface area contributed by atoms with Crippen molar-refractivity contribution < 1.29 is 19.8 Å². The number of anilines is 2. The second-order valence-electron chi connectivity index (χ2n) is 7.24. The number of benzene rings is 3. The smallest absolute Gasteiger partial charge is 0.247 e. The van der Waals surface area contributed by atoms with Crippen LogP contribution in [0.4, 0.5) is 11.4 Å². The summed E-state index contributed by atoms with van der Waals surface area (Å²) in [5.41, 5.74) is 1.52. The van der Waals surface area contributed by atoms with E-state index in [0.717, 1.165) is 11.8 Å². The molecule has 0 aliphatic carbocycles. The maximum absolute atomic E-state index is 13.2. The molecule has 0 saturated carbocycles. The molecule has 1 saturated heterocycles. The number of phenolic OH excluding ortho intramolecular Hbond substituents is 2. The zero-order chi connectivity index (χ0) is 24.1. The molecule has 0 spiro atoms. The van der Waals surface area contributed by atoms with Crippen LogP contribution in [0.3, 0.4) is 0 Å². The van der Waals surface area contributed by atoms with Gasteiger partial charge in [0.25, 0.3) is 0 Å². The summed E-state index contributed by atoms with van der Waals surface area (Å²) in [5.74, 6) is -0.567. The molecule has 34 heavy (non-hydrogen) atoms. The molecule has 1 atom stereocenters. The summed E-state index contributed by atoms with van der Waals surface area (Å²) < 4.78 is 0. The van der Waals surface area contributed by atoms with Gasteiger partial charge in [-0.05, 0) is 60.7 Å². The number of carbonyl (C=O) groups is 2. The van der Waals surface area contributed by atoms with Crippen LogP contribution in [-0.4, -0.2) is 38.7 Å². The number of thioether (sulfide) groups is 1. The van der Waals surface area contributed by atoms with Crippen molar-refractivity contribution in [2.75, 3.05) is 10.2 Å². The van der Waals surface area contributed by atoms with Crippen LogP contribution >= 0.6 is 23.4 Å². The van der Waals surface area contributed by atoms with Crippen molar-refractivity contribution in [1.29, 1.82) is 0 Å². The first-order chi connectivity index (χ1) is 16.4. The average molecular weight is 495 g/mol. The highest BCUT2D eigenvalue weighted by atomic mass is 35.5. The summed E-state index contributed by atoms with van der Waals surface area (Å²) in [5, 5.41) is 30.6. The number of phenols is 2.